The predicted molar refractivity (Wildman–Crippen MR) is 98.3 cm³/mol. The number of aromatic nitrogens is 3. The Balaban J connectivity index is 1.79. The highest BCUT2D eigenvalue weighted by Crippen LogP contribution is 2.35. The fourth-order valence-electron chi connectivity index (χ4n) is 3.86. The van der Waals surface area contributed by atoms with E-state index in [4.69, 9.17) is 16.6 Å². The van der Waals surface area contributed by atoms with E-state index in [0.29, 0.717) is 17.1 Å². The molecule has 2 heterocycles. The topological polar surface area (TPSA) is 34.0 Å². The number of likely N-dealkylation sites (N-methyl/N-ethyl adjacent to an activating group) is 1. The highest BCUT2D eigenvalue weighted by molar-refractivity contribution is 6.35. The lowest BCUT2D eigenvalue weighted by atomic mass is 10.1. The van der Waals surface area contributed by atoms with Crippen molar-refractivity contribution in [2.24, 2.45) is 0 Å². The van der Waals surface area contributed by atoms with Crippen LogP contribution in [-0.2, 0) is 0 Å². The van der Waals surface area contributed by atoms with Crippen molar-refractivity contribution >= 4 is 22.5 Å². The largest absolute Gasteiger partial charge is 0.325 e. The van der Waals surface area contributed by atoms with Crippen molar-refractivity contribution in [3.05, 3.63) is 47.7 Å². The third kappa shape index (κ3) is 2.60. The van der Waals surface area contributed by atoms with Crippen molar-refractivity contribution in [2.45, 2.75) is 31.3 Å². The molecular formula is C19H21ClN4. The minimum absolute atomic E-state index is 0.446. The van der Waals surface area contributed by atoms with Gasteiger partial charge in [0.15, 0.2) is 5.82 Å². The Morgan fingerprint density at radius 1 is 1.17 bits per heavy atom. The van der Waals surface area contributed by atoms with Gasteiger partial charge in [-0.2, -0.15) is 0 Å². The summed E-state index contributed by atoms with van der Waals surface area (Å²) in [4.78, 5) is 11.7. The molecule has 4 rings (SSSR count). The molecule has 0 amide bonds. The average molecular weight is 341 g/mol. The molecule has 2 aromatic heterocycles. The monoisotopic (exact) mass is 340 g/mol. The quantitative estimate of drug-likeness (QED) is 0.708. The molecule has 0 bridgehead atoms. The molecule has 0 radical (unpaired) electrons. The molecule has 1 aliphatic carbocycles. The van der Waals surface area contributed by atoms with Crippen molar-refractivity contribution in [2.75, 3.05) is 14.1 Å². The third-order valence-electron chi connectivity index (χ3n) is 5.03. The van der Waals surface area contributed by atoms with E-state index in [1.807, 2.05) is 30.5 Å². The lowest BCUT2D eigenvalue weighted by Gasteiger charge is -2.28. The summed E-state index contributed by atoms with van der Waals surface area (Å²) < 4.78 is 2.29. The highest BCUT2D eigenvalue weighted by atomic mass is 35.5. The number of pyridine rings is 1. The lowest BCUT2D eigenvalue weighted by molar-refractivity contribution is 0.239. The van der Waals surface area contributed by atoms with Gasteiger partial charge in [0.05, 0.1) is 16.6 Å². The van der Waals surface area contributed by atoms with Crippen LogP contribution in [0, 0.1) is 0 Å². The maximum Gasteiger partial charge on any atom is 0.158 e. The zero-order chi connectivity index (χ0) is 16.7. The van der Waals surface area contributed by atoms with Crippen LogP contribution in [0.3, 0.4) is 0 Å². The molecule has 1 aliphatic rings. The first-order valence-corrected chi connectivity index (χ1v) is 8.78. The van der Waals surface area contributed by atoms with E-state index in [-0.39, 0.29) is 0 Å². The van der Waals surface area contributed by atoms with Gasteiger partial charge in [0.1, 0.15) is 5.69 Å². The molecule has 2 atom stereocenters. The molecule has 1 aromatic carbocycles. The summed E-state index contributed by atoms with van der Waals surface area (Å²) in [6.45, 7) is 0. The Morgan fingerprint density at radius 3 is 2.88 bits per heavy atom. The fraction of sp³-hybridized carbons (Fsp3) is 0.368. The van der Waals surface area contributed by atoms with Gasteiger partial charge in [-0.1, -0.05) is 29.8 Å². The van der Waals surface area contributed by atoms with Crippen molar-refractivity contribution in [3.63, 3.8) is 0 Å². The van der Waals surface area contributed by atoms with Crippen LogP contribution in [0.4, 0.5) is 0 Å². The summed E-state index contributed by atoms with van der Waals surface area (Å²) in [6.07, 6.45) is 7.62. The van der Waals surface area contributed by atoms with Crippen LogP contribution in [0.15, 0.2) is 42.7 Å². The number of para-hydroxylation sites is 1. The van der Waals surface area contributed by atoms with Gasteiger partial charge in [0.2, 0.25) is 0 Å². The molecule has 1 fully saturated rings. The average Bonchev–Trinajstić information content (AvgIpc) is 3.23. The normalized spacial score (nSPS) is 21.0. The number of halogens is 1. The van der Waals surface area contributed by atoms with Crippen molar-refractivity contribution in [1.82, 2.24) is 19.4 Å². The smallest absolute Gasteiger partial charge is 0.158 e. The Hall–Kier alpha value is -1.91. The van der Waals surface area contributed by atoms with Crippen molar-refractivity contribution in [3.8, 4) is 11.5 Å². The molecule has 5 heteroatoms. The SMILES string of the molecule is CN(C)[C@@H]1CCC[C@H]1n1ccnc1-c1ccc2cccc(Cl)c2n1. The summed E-state index contributed by atoms with van der Waals surface area (Å²) >= 11 is 6.33. The van der Waals surface area contributed by atoms with Gasteiger partial charge in [-0.15, -0.1) is 0 Å². The summed E-state index contributed by atoms with van der Waals surface area (Å²) in [5.74, 6) is 0.926. The molecule has 0 unspecified atom stereocenters. The van der Waals surface area contributed by atoms with E-state index in [2.05, 4.69) is 40.8 Å². The number of hydrogen-bond donors (Lipinski definition) is 0. The number of rotatable bonds is 3. The van der Waals surface area contributed by atoms with Crippen molar-refractivity contribution < 1.29 is 0 Å². The van der Waals surface area contributed by atoms with E-state index in [9.17, 15) is 0 Å². The number of fused-ring (bicyclic) bond motifs is 1. The van der Waals surface area contributed by atoms with Gasteiger partial charge >= 0.3 is 0 Å². The molecule has 3 aromatic rings. The summed E-state index contributed by atoms with van der Waals surface area (Å²) in [5.41, 5.74) is 1.71. The van der Waals surface area contributed by atoms with Crippen LogP contribution < -0.4 is 0 Å². The Kier molecular flexibility index (Phi) is 4.02. The molecule has 124 valence electrons. The molecule has 0 spiro atoms. The van der Waals surface area contributed by atoms with Crippen LogP contribution >= 0.6 is 11.6 Å². The minimum Gasteiger partial charge on any atom is -0.325 e. The van der Waals surface area contributed by atoms with Crippen molar-refractivity contribution in [1.29, 1.82) is 0 Å². The summed E-state index contributed by atoms with van der Waals surface area (Å²) in [7, 11) is 4.32. The maximum absolute atomic E-state index is 6.33. The first-order chi connectivity index (χ1) is 11.6. The second-order valence-corrected chi connectivity index (χ2v) is 7.10. The maximum atomic E-state index is 6.33. The lowest BCUT2D eigenvalue weighted by Crippen LogP contribution is -2.32. The zero-order valence-corrected chi connectivity index (χ0v) is 14.7. The van der Waals surface area contributed by atoms with Crippen LogP contribution in [0.1, 0.15) is 25.3 Å². The van der Waals surface area contributed by atoms with Crippen LogP contribution in [0.2, 0.25) is 5.02 Å². The first-order valence-electron chi connectivity index (χ1n) is 8.40. The van der Waals surface area contributed by atoms with E-state index < -0.39 is 0 Å². The minimum atomic E-state index is 0.446. The van der Waals surface area contributed by atoms with Gasteiger partial charge < -0.3 is 9.47 Å². The zero-order valence-electron chi connectivity index (χ0n) is 14.0. The first kappa shape index (κ1) is 15.6. The van der Waals surface area contributed by atoms with E-state index in [0.717, 1.165) is 22.4 Å². The van der Waals surface area contributed by atoms with Gasteiger partial charge in [-0.05, 0) is 45.5 Å². The second-order valence-electron chi connectivity index (χ2n) is 6.70. The summed E-state index contributed by atoms with van der Waals surface area (Å²) in [5, 5.41) is 1.73. The highest BCUT2D eigenvalue weighted by Gasteiger charge is 2.31. The van der Waals surface area contributed by atoms with Crippen LogP contribution in [0.5, 0.6) is 0 Å². The standard InChI is InChI=1S/C19H21ClN4/c1-23(2)16-7-4-8-17(16)24-12-11-21-19(24)15-10-9-13-5-3-6-14(20)18(13)22-15/h3,5-6,9-12,16-17H,4,7-8H2,1-2H3/t16-,17-/m1/s1. The number of benzene rings is 1. The van der Waals surface area contributed by atoms with Gasteiger partial charge in [-0.3, -0.25) is 0 Å². The number of imidazole rings is 1. The molecule has 4 nitrogen and oxygen atoms in total. The fourth-order valence-corrected chi connectivity index (χ4v) is 4.09. The van der Waals surface area contributed by atoms with E-state index in [1.165, 1.54) is 19.3 Å². The van der Waals surface area contributed by atoms with E-state index >= 15 is 0 Å². The molecule has 0 aliphatic heterocycles. The molecule has 0 N–H and O–H groups in total. The van der Waals surface area contributed by atoms with Gasteiger partial charge in [-0.25, -0.2) is 9.97 Å². The predicted octanol–water partition coefficient (Wildman–Crippen LogP) is 4.41. The number of nitrogens with zero attached hydrogens (tertiary/aromatic N) is 4. The Labute approximate surface area is 147 Å². The van der Waals surface area contributed by atoms with E-state index in [1.54, 1.807) is 0 Å². The third-order valence-corrected chi connectivity index (χ3v) is 5.34. The molecule has 1 saturated carbocycles. The molecule has 0 saturated heterocycles. The number of hydrogen-bond acceptors (Lipinski definition) is 3. The van der Waals surface area contributed by atoms with Crippen LogP contribution in [-0.4, -0.2) is 39.6 Å². The van der Waals surface area contributed by atoms with Gasteiger partial charge in [0, 0.05) is 23.8 Å². The van der Waals surface area contributed by atoms with Crippen LogP contribution in [0.25, 0.3) is 22.4 Å². The second kappa shape index (κ2) is 6.19. The molecule has 24 heavy (non-hydrogen) atoms. The molecular weight excluding hydrogens is 320 g/mol. The summed E-state index contributed by atoms with van der Waals surface area (Å²) in [6, 6.07) is 11.0. The Morgan fingerprint density at radius 2 is 2.04 bits per heavy atom. The Bertz CT molecular complexity index is 871. The van der Waals surface area contributed by atoms with Gasteiger partial charge in [0.25, 0.3) is 0 Å².